The average molecular weight is 239 g/mol. The predicted molar refractivity (Wildman–Crippen MR) is 64.3 cm³/mol. The maximum absolute atomic E-state index is 9.30. The molecule has 1 fully saturated rings. The molecule has 1 aromatic rings. The zero-order valence-corrected chi connectivity index (χ0v) is 10.1. The topological polar surface area (TPSA) is 65.6 Å². The summed E-state index contributed by atoms with van der Waals surface area (Å²) in [5.74, 6) is 1.82. The molecule has 1 aromatic heterocycles. The molecule has 3 N–H and O–H groups in total. The van der Waals surface area contributed by atoms with Gasteiger partial charge in [-0.25, -0.2) is 0 Å². The number of nitrogens with one attached hydrogen (secondary N) is 1. The van der Waals surface area contributed by atoms with Gasteiger partial charge in [0.05, 0.1) is 6.54 Å². The van der Waals surface area contributed by atoms with Gasteiger partial charge in [0.2, 0.25) is 0 Å². The van der Waals surface area contributed by atoms with E-state index in [1.807, 2.05) is 6.07 Å². The molecule has 1 saturated carbocycles. The van der Waals surface area contributed by atoms with Gasteiger partial charge in [0, 0.05) is 12.6 Å². The number of hydrogen-bond acceptors (Lipinski definition) is 4. The Morgan fingerprint density at radius 3 is 2.65 bits per heavy atom. The Hall–Kier alpha value is -0.840. The Balaban J connectivity index is 1.83. The van der Waals surface area contributed by atoms with E-state index in [1.165, 1.54) is 12.8 Å². The first-order valence-corrected chi connectivity index (χ1v) is 6.36. The van der Waals surface area contributed by atoms with Gasteiger partial charge in [-0.2, -0.15) is 0 Å². The lowest BCUT2D eigenvalue weighted by atomic mass is 9.85. The van der Waals surface area contributed by atoms with Gasteiger partial charge in [0.1, 0.15) is 18.1 Å². The third-order valence-electron chi connectivity index (χ3n) is 3.56. The van der Waals surface area contributed by atoms with Crippen molar-refractivity contribution in [2.45, 2.75) is 44.9 Å². The molecular formula is C13H21NO3. The highest BCUT2D eigenvalue weighted by Gasteiger charge is 2.23. The van der Waals surface area contributed by atoms with Crippen LogP contribution >= 0.6 is 0 Å². The van der Waals surface area contributed by atoms with E-state index < -0.39 is 0 Å². The molecule has 1 heterocycles. The summed E-state index contributed by atoms with van der Waals surface area (Å²) in [5, 5.41) is 21.6. The van der Waals surface area contributed by atoms with Gasteiger partial charge in [-0.05, 0) is 30.9 Å². The molecular weight excluding hydrogens is 218 g/mol. The number of furan rings is 1. The minimum atomic E-state index is -0.0529. The largest absolute Gasteiger partial charge is 0.462 e. The van der Waals surface area contributed by atoms with Crippen LogP contribution in [-0.4, -0.2) is 22.9 Å². The number of rotatable bonds is 5. The molecule has 0 aliphatic heterocycles. The monoisotopic (exact) mass is 239 g/mol. The highest BCUT2D eigenvalue weighted by molar-refractivity contribution is 5.06. The van der Waals surface area contributed by atoms with E-state index in [1.54, 1.807) is 6.07 Å². The number of hydrogen-bond donors (Lipinski definition) is 3. The second kappa shape index (κ2) is 6.19. The SMILES string of the molecule is OCc1ccc(CNC2CCCCC2CO)o1. The van der Waals surface area contributed by atoms with Crippen LogP contribution in [0.3, 0.4) is 0 Å². The van der Waals surface area contributed by atoms with E-state index in [0.29, 0.717) is 24.3 Å². The molecule has 0 saturated heterocycles. The summed E-state index contributed by atoms with van der Waals surface area (Å²) >= 11 is 0. The fourth-order valence-electron chi connectivity index (χ4n) is 2.53. The summed E-state index contributed by atoms with van der Waals surface area (Å²) in [6.07, 6.45) is 4.68. The molecule has 2 atom stereocenters. The van der Waals surface area contributed by atoms with Crippen molar-refractivity contribution in [2.24, 2.45) is 5.92 Å². The van der Waals surface area contributed by atoms with Crippen LogP contribution < -0.4 is 5.32 Å². The van der Waals surface area contributed by atoms with Crippen molar-refractivity contribution in [2.75, 3.05) is 6.61 Å². The smallest absolute Gasteiger partial charge is 0.129 e. The maximum atomic E-state index is 9.30. The van der Waals surface area contributed by atoms with Gasteiger partial charge in [-0.1, -0.05) is 12.8 Å². The molecule has 2 unspecified atom stereocenters. The van der Waals surface area contributed by atoms with E-state index in [9.17, 15) is 5.11 Å². The lowest BCUT2D eigenvalue weighted by Crippen LogP contribution is -2.39. The molecule has 0 amide bonds. The zero-order chi connectivity index (χ0) is 12.1. The van der Waals surface area contributed by atoms with Crippen molar-refractivity contribution in [1.82, 2.24) is 5.32 Å². The average Bonchev–Trinajstić information content (AvgIpc) is 2.84. The minimum Gasteiger partial charge on any atom is -0.462 e. The standard InChI is InChI=1S/C13H21NO3/c15-8-10-3-1-2-4-13(10)14-7-11-5-6-12(9-16)17-11/h5-6,10,13-16H,1-4,7-9H2. The van der Waals surface area contributed by atoms with Crippen molar-refractivity contribution in [1.29, 1.82) is 0 Å². The minimum absolute atomic E-state index is 0.0529. The van der Waals surface area contributed by atoms with Crippen molar-refractivity contribution in [3.05, 3.63) is 23.7 Å². The van der Waals surface area contributed by atoms with Crippen molar-refractivity contribution >= 4 is 0 Å². The first-order valence-electron chi connectivity index (χ1n) is 6.36. The summed E-state index contributed by atoms with van der Waals surface area (Å²) in [4.78, 5) is 0. The van der Waals surface area contributed by atoms with Crippen LogP contribution in [0.4, 0.5) is 0 Å². The summed E-state index contributed by atoms with van der Waals surface area (Å²) in [5.41, 5.74) is 0. The van der Waals surface area contributed by atoms with Crippen LogP contribution in [0.2, 0.25) is 0 Å². The molecule has 0 spiro atoms. The molecule has 4 heteroatoms. The first kappa shape index (κ1) is 12.6. The lowest BCUT2D eigenvalue weighted by molar-refractivity contribution is 0.150. The maximum Gasteiger partial charge on any atom is 0.129 e. The van der Waals surface area contributed by atoms with Crippen LogP contribution in [0.25, 0.3) is 0 Å². The molecule has 1 aliphatic carbocycles. The van der Waals surface area contributed by atoms with Crippen molar-refractivity contribution < 1.29 is 14.6 Å². The van der Waals surface area contributed by atoms with Crippen LogP contribution in [-0.2, 0) is 13.2 Å². The summed E-state index contributed by atoms with van der Waals surface area (Å²) in [6.45, 7) is 0.877. The number of aliphatic hydroxyl groups is 2. The Bertz CT molecular complexity index is 337. The van der Waals surface area contributed by atoms with E-state index in [0.717, 1.165) is 18.6 Å². The Morgan fingerprint density at radius 2 is 1.94 bits per heavy atom. The van der Waals surface area contributed by atoms with Crippen LogP contribution in [0.5, 0.6) is 0 Å². The van der Waals surface area contributed by atoms with Gasteiger partial charge in [0.15, 0.2) is 0 Å². The van der Waals surface area contributed by atoms with E-state index in [2.05, 4.69) is 5.32 Å². The normalized spacial score (nSPS) is 25.1. The third kappa shape index (κ3) is 3.31. The summed E-state index contributed by atoms with van der Waals surface area (Å²) in [7, 11) is 0. The predicted octanol–water partition coefficient (Wildman–Crippen LogP) is 1.41. The van der Waals surface area contributed by atoms with Crippen LogP contribution in [0.15, 0.2) is 16.5 Å². The number of aliphatic hydroxyl groups excluding tert-OH is 2. The van der Waals surface area contributed by atoms with E-state index in [-0.39, 0.29) is 13.2 Å². The van der Waals surface area contributed by atoms with Gasteiger partial charge < -0.3 is 19.9 Å². The second-order valence-electron chi connectivity index (χ2n) is 4.74. The van der Waals surface area contributed by atoms with Gasteiger partial charge in [-0.3, -0.25) is 0 Å². The highest BCUT2D eigenvalue weighted by atomic mass is 16.4. The van der Waals surface area contributed by atoms with Crippen LogP contribution in [0.1, 0.15) is 37.2 Å². The fraction of sp³-hybridized carbons (Fsp3) is 0.692. The van der Waals surface area contributed by atoms with Gasteiger partial charge in [-0.15, -0.1) is 0 Å². The van der Waals surface area contributed by atoms with Gasteiger partial charge in [0.25, 0.3) is 0 Å². The van der Waals surface area contributed by atoms with Crippen LogP contribution in [0, 0.1) is 5.92 Å². The Labute approximate surface area is 102 Å². The molecule has 2 rings (SSSR count). The Morgan fingerprint density at radius 1 is 1.18 bits per heavy atom. The molecule has 0 bridgehead atoms. The lowest BCUT2D eigenvalue weighted by Gasteiger charge is -2.30. The molecule has 4 nitrogen and oxygen atoms in total. The molecule has 0 radical (unpaired) electrons. The second-order valence-corrected chi connectivity index (χ2v) is 4.74. The first-order chi connectivity index (χ1) is 8.33. The van der Waals surface area contributed by atoms with Crippen molar-refractivity contribution in [3.8, 4) is 0 Å². The molecule has 1 aliphatic rings. The molecule has 17 heavy (non-hydrogen) atoms. The fourth-order valence-corrected chi connectivity index (χ4v) is 2.53. The van der Waals surface area contributed by atoms with Crippen molar-refractivity contribution in [3.63, 3.8) is 0 Å². The summed E-state index contributed by atoms with van der Waals surface area (Å²) < 4.78 is 5.42. The van der Waals surface area contributed by atoms with Gasteiger partial charge >= 0.3 is 0 Å². The molecule has 0 aromatic carbocycles. The quantitative estimate of drug-likeness (QED) is 0.727. The third-order valence-corrected chi connectivity index (χ3v) is 3.56. The van der Waals surface area contributed by atoms with E-state index in [4.69, 9.17) is 9.52 Å². The Kier molecular flexibility index (Phi) is 4.59. The zero-order valence-electron chi connectivity index (χ0n) is 10.1. The molecule has 96 valence electrons. The van der Waals surface area contributed by atoms with E-state index >= 15 is 0 Å². The summed E-state index contributed by atoms with van der Waals surface area (Å²) in [6, 6.07) is 4.06. The highest BCUT2D eigenvalue weighted by Crippen LogP contribution is 2.24.